The van der Waals surface area contributed by atoms with Crippen LogP contribution in [0.4, 0.5) is 14.5 Å². The number of rotatable bonds is 2. The number of sulfone groups is 1. The first kappa shape index (κ1) is 12.9. The van der Waals surface area contributed by atoms with Gasteiger partial charge in [0.25, 0.3) is 0 Å². The summed E-state index contributed by atoms with van der Waals surface area (Å²) in [6, 6.07) is 2.52. The minimum atomic E-state index is -4.67. The van der Waals surface area contributed by atoms with Gasteiger partial charge in [-0.05, 0) is 28.1 Å². The van der Waals surface area contributed by atoms with Gasteiger partial charge < -0.3 is 5.73 Å². The molecule has 15 heavy (non-hydrogen) atoms. The van der Waals surface area contributed by atoms with Gasteiger partial charge >= 0.3 is 5.76 Å². The van der Waals surface area contributed by atoms with E-state index in [1.807, 2.05) is 0 Å². The Morgan fingerprint density at radius 3 is 2.27 bits per heavy atom. The second-order valence-electron chi connectivity index (χ2n) is 2.61. The number of hydrogen-bond acceptors (Lipinski definition) is 3. The van der Waals surface area contributed by atoms with Crippen molar-refractivity contribution in [2.75, 3.05) is 5.73 Å². The number of nitrogens with two attached hydrogens (primary N) is 1. The second-order valence-corrected chi connectivity index (χ2v) is 6.26. The number of alkyl halides is 2. The summed E-state index contributed by atoms with van der Waals surface area (Å²) in [5.41, 5.74) is 5.17. The van der Waals surface area contributed by atoms with E-state index in [1.165, 1.54) is 6.07 Å². The standard InChI is InChI=1S/C7H5Br2F2NO2S/c8-3-1-4(9)6(12)5(2-3)15(13,14)7(10)11/h1-2,7H,12H2. The van der Waals surface area contributed by atoms with E-state index in [0.717, 1.165) is 6.07 Å². The SMILES string of the molecule is Nc1c(Br)cc(Br)cc1S(=O)(=O)C(F)F. The van der Waals surface area contributed by atoms with Gasteiger partial charge in [-0.1, -0.05) is 15.9 Å². The van der Waals surface area contributed by atoms with Gasteiger partial charge in [0.05, 0.1) is 10.6 Å². The van der Waals surface area contributed by atoms with Gasteiger partial charge in [0, 0.05) is 8.95 Å². The third-order valence-corrected chi connectivity index (χ3v) is 4.13. The maximum absolute atomic E-state index is 12.3. The second kappa shape index (κ2) is 4.34. The highest BCUT2D eigenvalue weighted by molar-refractivity contribution is 9.11. The summed E-state index contributed by atoms with van der Waals surface area (Å²) in [7, 11) is -4.67. The summed E-state index contributed by atoms with van der Waals surface area (Å²) in [6.07, 6.45) is 0. The number of hydrogen-bond donors (Lipinski definition) is 1. The molecule has 2 N–H and O–H groups in total. The Morgan fingerprint density at radius 1 is 1.27 bits per heavy atom. The molecule has 0 aromatic heterocycles. The van der Waals surface area contributed by atoms with E-state index in [2.05, 4.69) is 31.9 Å². The molecule has 0 atom stereocenters. The van der Waals surface area contributed by atoms with Gasteiger partial charge in [-0.25, -0.2) is 8.42 Å². The average molecular weight is 365 g/mol. The fraction of sp³-hybridized carbons (Fsp3) is 0.143. The number of halogens is 4. The van der Waals surface area contributed by atoms with Crippen LogP contribution < -0.4 is 5.73 Å². The summed E-state index contributed by atoms with van der Waals surface area (Å²) < 4.78 is 47.5. The summed E-state index contributed by atoms with van der Waals surface area (Å²) in [5.74, 6) is -3.49. The molecule has 1 rings (SSSR count). The molecule has 0 saturated carbocycles. The monoisotopic (exact) mass is 363 g/mol. The fourth-order valence-corrected chi connectivity index (χ4v) is 3.30. The number of nitrogen functional groups attached to an aromatic ring is 1. The molecule has 1 aromatic carbocycles. The Hall–Kier alpha value is -0.210. The van der Waals surface area contributed by atoms with E-state index in [9.17, 15) is 17.2 Å². The van der Waals surface area contributed by atoms with Gasteiger partial charge in [-0.15, -0.1) is 0 Å². The van der Waals surface area contributed by atoms with Crippen molar-refractivity contribution in [3.63, 3.8) is 0 Å². The van der Waals surface area contributed by atoms with E-state index in [1.54, 1.807) is 0 Å². The molecule has 8 heteroatoms. The Kier molecular flexibility index (Phi) is 3.72. The van der Waals surface area contributed by atoms with E-state index in [4.69, 9.17) is 5.73 Å². The highest BCUT2D eigenvalue weighted by Gasteiger charge is 2.29. The van der Waals surface area contributed by atoms with Crippen molar-refractivity contribution < 1.29 is 17.2 Å². The van der Waals surface area contributed by atoms with Gasteiger partial charge in [0.1, 0.15) is 0 Å². The minimum Gasteiger partial charge on any atom is -0.397 e. The molecule has 0 unspecified atom stereocenters. The van der Waals surface area contributed by atoms with Crippen molar-refractivity contribution in [3.8, 4) is 0 Å². The lowest BCUT2D eigenvalue weighted by Gasteiger charge is -2.08. The van der Waals surface area contributed by atoms with Gasteiger partial charge in [0.15, 0.2) is 0 Å². The van der Waals surface area contributed by atoms with Crippen LogP contribution in [0.2, 0.25) is 0 Å². The van der Waals surface area contributed by atoms with Gasteiger partial charge in [-0.3, -0.25) is 0 Å². The first-order valence-electron chi connectivity index (χ1n) is 3.53. The van der Waals surface area contributed by atoms with Crippen LogP contribution in [0.15, 0.2) is 26.0 Å². The van der Waals surface area contributed by atoms with Crippen molar-refractivity contribution in [1.29, 1.82) is 0 Å². The number of benzene rings is 1. The maximum Gasteiger partial charge on any atom is 0.341 e. The molecule has 0 saturated heterocycles. The molecule has 0 aliphatic heterocycles. The van der Waals surface area contributed by atoms with Crippen LogP contribution in [0.3, 0.4) is 0 Å². The third-order valence-electron chi connectivity index (χ3n) is 1.60. The van der Waals surface area contributed by atoms with Crippen molar-refractivity contribution in [3.05, 3.63) is 21.1 Å². The van der Waals surface area contributed by atoms with Gasteiger partial charge in [-0.2, -0.15) is 8.78 Å². The molecule has 3 nitrogen and oxygen atoms in total. The lowest BCUT2D eigenvalue weighted by molar-refractivity contribution is 0.235. The van der Waals surface area contributed by atoms with Crippen LogP contribution in [-0.2, 0) is 9.84 Å². The van der Waals surface area contributed by atoms with E-state index in [0.29, 0.717) is 4.47 Å². The van der Waals surface area contributed by atoms with Crippen molar-refractivity contribution >= 4 is 47.4 Å². The highest BCUT2D eigenvalue weighted by Crippen LogP contribution is 2.33. The van der Waals surface area contributed by atoms with Crippen LogP contribution in [0.25, 0.3) is 0 Å². The summed E-state index contributed by atoms with van der Waals surface area (Å²) >= 11 is 5.97. The van der Waals surface area contributed by atoms with Crippen molar-refractivity contribution in [2.24, 2.45) is 0 Å². The normalized spacial score (nSPS) is 12.1. The van der Waals surface area contributed by atoms with Crippen LogP contribution >= 0.6 is 31.9 Å². The zero-order valence-electron chi connectivity index (χ0n) is 7.05. The summed E-state index contributed by atoms with van der Waals surface area (Å²) in [6.45, 7) is 0. The average Bonchev–Trinajstić information content (AvgIpc) is 2.10. The Bertz CT molecular complexity index is 490. The molecule has 0 aliphatic carbocycles. The van der Waals surface area contributed by atoms with Crippen LogP contribution in [0, 0.1) is 0 Å². The third kappa shape index (κ3) is 2.48. The van der Waals surface area contributed by atoms with E-state index < -0.39 is 20.5 Å². The lowest BCUT2D eigenvalue weighted by Crippen LogP contribution is -2.13. The zero-order valence-corrected chi connectivity index (χ0v) is 11.0. The molecule has 0 fully saturated rings. The number of anilines is 1. The smallest absolute Gasteiger partial charge is 0.341 e. The first-order valence-corrected chi connectivity index (χ1v) is 6.66. The summed E-state index contributed by atoms with van der Waals surface area (Å²) in [5, 5.41) is 0. The Morgan fingerprint density at radius 2 is 1.80 bits per heavy atom. The Labute approximate surface area is 102 Å². The van der Waals surface area contributed by atoms with Crippen molar-refractivity contribution in [2.45, 2.75) is 10.7 Å². The molecular formula is C7H5Br2F2NO2S. The topological polar surface area (TPSA) is 60.2 Å². The fourth-order valence-electron chi connectivity index (χ4n) is 0.893. The molecule has 0 heterocycles. The molecule has 0 radical (unpaired) electrons. The van der Waals surface area contributed by atoms with Gasteiger partial charge in [0.2, 0.25) is 9.84 Å². The Balaban J connectivity index is 3.52. The molecular weight excluding hydrogens is 360 g/mol. The predicted octanol–water partition coefficient (Wildman–Crippen LogP) is 2.79. The molecule has 0 bridgehead atoms. The van der Waals surface area contributed by atoms with E-state index >= 15 is 0 Å². The maximum atomic E-state index is 12.3. The van der Waals surface area contributed by atoms with Crippen LogP contribution in [0.5, 0.6) is 0 Å². The largest absolute Gasteiger partial charge is 0.397 e. The van der Waals surface area contributed by atoms with E-state index in [-0.39, 0.29) is 10.2 Å². The first-order chi connectivity index (χ1) is 6.76. The zero-order chi connectivity index (χ0) is 11.8. The summed E-state index contributed by atoms with van der Waals surface area (Å²) in [4.78, 5) is -0.584. The molecule has 84 valence electrons. The van der Waals surface area contributed by atoms with Crippen LogP contribution in [-0.4, -0.2) is 14.2 Å². The minimum absolute atomic E-state index is 0.224. The molecule has 1 aromatic rings. The highest BCUT2D eigenvalue weighted by atomic mass is 79.9. The molecule has 0 aliphatic rings. The lowest BCUT2D eigenvalue weighted by atomic mass is 10.3. The van der Waals surface area contributed by atoms with Crippen molar-refractivity contribution in [1.82, 2.24) is 0 Å². The molecule has 0 amide bonds. The molecule has 0 spiro atoms. The predicted molar refractivity (Wildman–Crippen MR) is 59.4 cm³/mol. The van der Waals surface area contributed by atoms with Crippen LogP contribution in [0.1, 0.15) is 0 Å². The quantitative estimate of drug-likeness (QED) is 0.821.